The summed E-state index contributed by atoms with van der Waals surface area (Å²) in [6, 6.07) is 3.99. The van der Waals surface area contributed by atoms with E-state index in [9.17, 15) is 5.11 Å². The standard InChI is InChI=1S/C13H18O2/c1-8-6-10(8)12-4-5-13(15-12)11(14)7-9-2-3-9/h4-5,8-11,14H,2-3,6-7H2,1H3. The Labute approximate surface area is 90.3 Å². The van der Waals surface area contributed by atoms with Gasteiger partial charge in [0, 0.05) is 5.92 Å². The SMILES string of the molecule is CC1CC1c1ccc(C(O)CC2CC2)o1. The van der Waals surface area contributed by atoms with Crippen LogP contribution in [0.2, 0.25) is 0 Å². The largest absolute Gasteiger partial charge is 0.463 e. The zero-order chi connectivity index (χ0) is 10.4. The number of rotatable bonds is 4. The Kier molecular flexibility index (Phi) is 2.13. The number of hydrogen-bond donors (Lipinski definition) is 1. The molecule has 1 aromatic heterocycles. The minimum absolute atomic E-state index is 0.375. The summed E-state index contributed by atoms with van der Waals surface area (Å²) in [5.74, 6) is 3.98. The molecule has 15 heavy (non-hydrogen) atoms. The molecule has 1 aromatic rings. The van der Waals surface area contributed by atoms with Gasteiger partial charge in [0.05, 0.1) is 0 Å². The molecule has 2 aliphatic carbocycles. The van der Waals surface area contributed by atoms with Gasteiger partial charge in [-0.2, -0.15) is 0 Å². The molecule has 0 radical (unpaired) electrons. The van der Waals surface area contributed by atoms with Crippen LogP contribution < -0.4 is 0 Å². The molecular formula is C13H18O2. The lowest BCUT2D eigenvalue weighted by Crippen LogP contribution is -1.96. The molecular weight excluding hydrogens is 188 g/mol. The molecule has 82 valence electrons. The van der Waals surface area contributed by atoms with Crippen LogP contribution in [-0.2, 0) is 0 Å². The van der Waals surface area contributed by atoms with Gasteiger partial charge in [0.1, 0.15) is 17.6 Å². The monoisotopic (exact) mass is 206 g/mol. The van der Waals surface area contributed by atoms with E-state index in [1.54, 1.807) is 0 Å². The topological polar surface area (TPSA) is 33.4 Å². The first-order chi connectivity index (χ1) is 7.24. The van der Waals surface area contributed by atoms with Crippen molar-refractivity contribution in [1.29, 1.82) is 0 Å². The zero-order valence-electron chi connectivity index (χ0n) is 9.15. The lowest BCUT2D eigenvalue weighted by Gasteiger charge is -2.05. The molecule has 3 unspecified atom stereocenters. The van der Waals surface area contributed by atoms with E-state index in [0.717, 1.165) is 29.8 Å². The highest BCUT2D eigenvalue weighted by molar-refractivity contribution is 5.18. The molecule has 0 spiro atoms. The molecule has 3 rings (SSSR count). The Balaban J connectivity index is 1.66. The van der Waals surface area contributed by atoms with Gasteiger partial charge >= 0.3 is 0 Å². The van der Waals surface area contributed by atoms with E-state index in [-0.39, 0.29) is 6.10 Å². The van der Waals surface area contributed by atoms with Crippen molar-refractivity contribution in [2.45, 2.75) is 44.6 Å². The average Bonchev–Trinajstić information content (AvgIpc) is 3.10. The Morgan fingerprint density at radius 3 is 2.80 bits per heavy atom. The summed E-state index contributed by atoms with van der Waals surface area (Å²) in [7, 11) is 0. The summed E-state index contributed by atoms with van der Waals surface area (Å²) in [5.41, 5.74) is 0. The molecule has 2 saturated carbocycles. The van der Waals surface area contributed by atoms with Gasteiger partial charge in [-0.3, -0.25) is 0 Å². The predicted molar refractivity (Wildman–Crippen MR) is 57.5 cm³/mol. The molecule has 1 heterocycles. The lowest BCUT2D eigenvalue weighted by molar-refractivity contribution is 0.132. The lowest BCUT2D eigenvalue weighted by atomic mass is 10.1. The van der Waals surface area contributed by atoms with Crippen LogP contribution in [0.25, 0.3) is 0 Å². The van der Waals surface area contributed by atoms with Crippen LogP contribution >= 0.6 is 0 Å². The normalized spacial score (nSPS) is 31.6. The van der Waals surface area contributed by atoms with E-state index < -0.39 is 0 Å². The molecule has 2 aliphatic rings. The Hall–Kier alpha value is -0.760. The van der Waals surface area contributed by atoms with Gasteiger partial charge in [-0.1, -0.05) is 19.8 Å². The Morgan fingerprint density at radius 1 is 1.47 bits per heavy atom. The van der Waals surface area contributed by atoms with Gasteiger partial charge in [-0.25, -0.2) is 0 Å². The summed E-state index contributed by atoms with van der Waals surface area (Å²) >= 11 is 0. The third-order valence-corrected chi connectivity index (χ3v) is 3.70. The van der Waals surface area contributed by atoms with E-state index in [1.807, 2.05) is 12.1 Å². The molecule has 0 saturated heterocycles. The van der Waals surface area contributed by atoms with E-state index in [4.69, 9.17) is 4.42 Å². The molecule has 0 aromatic carbocycles. The van der Waals surface area contributed by atoms with Crippen LogP contribution in [0.4, 0.5) is 0 Å². The van der Waals surface area contributed by atoms with E-state index in [0.29, 0.717) is 5.92 Å². The first kappa shape index (κ1) is 9.46. The van der Waals surface area contributed by atoms with Crippen molar-refractivity contribution in [3.8, 4) is 0 Å². The highest BCUT2D eigenvalue weighted by atomic mass is 16.4. The molecule has 2 nitrogen and oxygen atoms in total. The third-order valence-electron chi connectivity index (χ3n) is 3.70. The molecule has 0 bridgehead atoms. The van der Waals surface area contributed by atoms with Crippen molar-refractivity contribution in [2.24, 2.45) is 11.8 Å². The fourth-order valence-electron chi connectivity index (χ4n) is 2.25. The summed E-state index contributed by atoms with van der Waals surface area (Å²) in [6.45, 7) is 2.24. The molecule has 2 fully saturated rings. The summed E-state index contributed by atoms with van der Waals surface area (Å²) < 4.78 is 5.72. The number of hydrogen-bond acceptors (Lipinski definition) is 2. The van der Waals surface area contributed by atoms with Gasteiger partial charge < -0.3 is 9.52 Å². The Bertz CT molecular complexity index is 351. The summed E-state index contributed by atoms with van der Waals surface area (Å²) in [4.78, 5) is 0. The van der Waals surface area contributed by atoms with E-state index in [1.165, 1.54) is 19.3 Å². The van der Waals surface area contributed by atoms with Crippen LogP contribution in [0.15, 0.2) is 16.5 Å². The van der Waals surface area contributed by atoms with Crippen LogP contribution in [0, 0.1) is 11.8 Å². The highest BCUT2D eigenvalue weighted by Crippen LogP contribution is 2.48. The maximum Gasteiger partial charge on any atom is 0.132 e. The van der Waals surface area contributed by atoms with Crippen molar-refractivity contribution in [2.75, 3.05) is 0 Å². The highest BCUT2D eigenvalue weighted by Gasteiger charge is 2.37. The van der Waals surface area contributed by atoms with Gasteiger partial charge in [0.25, 0.3) is 0 Å². The van der Waals surface area contributed by atoms with Crippen LogP contribution in [0.3, 0.4) is 0 Å². The fourth-order valence-corrected chi connectivity index (χ4v) is 2.25. The molecule has 3 atom stereocenters. The molecule has 2 heteroatoms. The van der Waals surface area contributed by atoms with Crippen molar-refractivity contribution in [3.05, 3.63) is 23.7 Å². The molecule has 0 amide bonds. The van der Waals surface area contributed by atoms with Crippen molar-refractivity contribution in [1.82, 2.24) is 0 Å². The Morgan fingerprint density at radius 2 is 2.20 bits per heavy atom. The minimum Gasteiger partial charge on any atom is -0.463 e. The fraction of sp³-hybridized carbons (Fsp3) is 0.692. The average molecular weight is 206 g/mol. The smallest absolute Gasteiger partial charge is 0.132 e. The van der Waals surface area contributed by atoms with Gasteiger partial charge in [-0.15, -0.1) is 0 Å². The van der Waals surface area contributed by atoms with Gasteiger partial charge in [0.15, 0.2) is 0 Å². The van der Waals surface area contributed by atoms with Crippen molar-refractivity contribution >= 4 is 0 Å². The van der Waals surface area contributed by atoms with Gasteiger partial charge in [0.2, 0.25) is 0 Å². The van der Waals surface area contributed by atoms with Crippen LogP contribution in [0.1, 0.15) is 56.1 Å². The quantitative estimate of drug-likeness (QED) is 0.820. The second-order valence-corrected chi connectivity index (χ2v) is 5.25. The molecule has 1 N–H and O–H groups in total. The maximum atomic E-state index is 9.92. The predicted octanol–water partition coefficient (Wildman–Crippen LogP) is 3.24. The van der Waals surface area contributed by atoms with Gasteiger partial charge in [-0.05, 0) is 36.8 Å². The van der Waals surface area contributed by atoms with E-state index in [2.05, 4.69) is 6.92 Å². The summed E-state index contributed by atoms with van der Waals surface area (Å²) in [6.07, 6.45) is 4.31. The van der Waals surface area contributed by atoms with Crippen LogP contribution in [-0.4, -0.2) is 5.11 Å². The summed E-state index contributed by atoms with van der Waals surface area (Å²) in [5, 5.41) is 9.92. The third kappa shape index (κ3) is 1.96. The second kappa shape index (κ2) is 3.38. The van der Waals surface area contributed by atoms with Crippen molar-refractivity contribution in [3.63, 3.8) is 0 Å². The van der Waals surface area contributed by atoms with Crippen molar-refractivity contribution < 1.29 is 9.52 Å². The number of aliphatic hydroxyl groups excluding tert-OH is 1. The van der Waals surface area contributed by atoms with E-state index >= 15 is 0 Å². The minimum atomic E-state index is -0.375. The first-order valence-corrected chi connectivity index (χ1v) is 6.01. The number of aliphatic hydroxyl groups is 1. The zero-order valence-corrected chi connectivity index (χ0v) is 9.15. The molecule has 0 aliphatic heterocycles. The number of furan rings is 1. The maximum absolute atomic E-state index is 9.92. The first-order valence-electron chi connectivity index (χ1n) is 6.01. The van der Waals surface area contributed by atoms with Crippen LogP contribution in [0.5, 0.6) is 0 Å². The second-order valence-electron chi connectivity index (χ2n) is 5.25.